The fourth-order valence-corrected chi connectivity index (χ4v) is 3.13. The van der Waals surface area contributed by atoms with Crippen molar-refractivity contribution in [3.63, 3.8) is 0 Å². The zero-order chi connectivity index (χ0) is 14.8. The van der Waals surface area contributed by atoms with E-state index in [0.717, 1.165) is 36.1 Å². The zero-order valence-corrected chi connectivity index (χ0v) is 13.5. The molecule has 0 fully saturated rings. The molecule has 1 aromatic carbocycles. The van der Waals surface area contributed by atoms with Crippen molar-refractivity contribution in [2.75, 3.05) is 17.2 Å². The molecule has 0 saturated carbocycles. The maximum Gasteiger partial charge on any atom is 0.272 e. The number of halogens is 1. The topological polar surface area (TPSA) is 46.1 Å². The third-order valence-electron chi connectivity index (χ3n) is 3.63. The number of benzene rings is 1. The number of carbonyl (C=O) groups is 1. The van der Waals surface area contributed by atoms with E-state index in [1.807, 2.05) is 29.0 Å². The van der Waals surface area contributed by atoms with Gasteiger partial charge in [-0.2, -0.15) is 0 Å². The van der Waals surface area contributed by atoms with Crippen molar-refractivity contribution in [3.8, 4) is 0 Å². The Hall–Kier alpha value is -1.75. The molecule has 1 aliphatic rings. The van der Waals surface area contributed by atoms with Crippen molar-refractivity contribution in [2.45, 2.75) is 26.3 Å². The lowest BCUT2D eigenvalue weighted by Crippen LogP contribution is -2.16. The number of rotatable bonds is 4. The second-order valence-corrected chi connectivity index (χ2v) is 6.16. The van der Waals surface area contributed by atoms with Gasteiger partial charge in [-0.15, -0.1) is 0 Å². The van der Waals surface area contributed by atoms with Gasteiger partial charge in [0.1, 0.15) is 5.69 Å². The standard InChI is InChI=1S/C16H18BrN3O/c1-2-7-20-10-12(17)9-15(20)16(21)19-13-3-4-14-11(8-13)5-6-18-14/h3-4,8-10,18H,2,5-7H2,1H3,(H,19,21). The van der Waals surface area contributed by atoms with Gasteiger partial charge >= 0.3 is 0 Å². The first-order chi connectivity index (χ1) is 10.2. The Morgan fingerprint density at radius 3 is 3.10 bits per heavy atom. The summed E-state index contributed by atoms with van der Waals surface area (Å²) < 4.78 is 2.91. The number of aromatic nitrogens is 1. The molecule has 2 aromatic rings. The molecule has 0 atom stereocenters. The molecule has 0 spiro atoms. The van der Waals surface area contributed by atoms with Gasteiger partial charge < -0.3 is 15.2 Å². The molecule has 1 amide bonds. The van der Waals surface area contributed by atoms with Crippen LogP contribution < -0.4 is 10.6 Å². The van der Waals surface area contributed by atoms with E-state index >= 15 is 0 Å². The van der Waals surface area contributed by atoms with Gasteiger partial charge in [-0.05, 0) is 58.6 Å². The molecule has 4 nitrogen and oxygen atoms in total. The summed E-state index contributed by atoms with van der Waals surface area (Å²) in [5.41, 5.74) is 3.97. The van der Waals surface area contributed by atoms with Gasteiger partial charge in [0.15, 0.2) is 0 Å². The van der Waals surface area contributed by atoms with Crippen molar-refractivity contribution < 1.29 is 4.79 Å². The van der Waals surface area contributed by atoms with Crippen LogP contribution in [0.2, 0.25) is 0 Å². The number of aryl methyl sites for hydroxylation is 1. The Bertz CT molecular complexity index is 678. The molecule has 0 unspecified atom stereocenters. The molecule has 0 bridgehead atoms. The summed E-state index contributed by atoms with van der Waals surface area (Å²) in [5.74, 6) is -0.0694. The minimum Gasteiger partial charge on any atom is -0.384 e. The van der Waals surface area contributed by atoms with Crippen LogP contribution in [0.25, 0.3) is 0 Å². The van der Waals surface area contributed by atoms with E-state index in [9.17, 15) is 4.79 Å². The van der Waals surface area contributed by atoms with E-state index in [4.69, 9.17) is 0 Å². The number of hydrogen-bond acceptors (Lipinski definition) is 2. The van der Waals surface area contributed by atoms with Gasteiger partial charge in [0.2, 0.25) is 0 Å². The van der Waals surface area contributed by atoms with E-state index in [1.165, 1.54) is 11.3 Å². The molecule has 0 aliphatic carbocycles. The predicted molar refractivity (Wildman–Crippen MR) is 89.0 cm³/mol. The molecular weight excluding hydrogens is 330 g/mol. The van der Waals surface area contributed by atoms with Gasteiger partial charge in [-0.3, -0.25) is 4.79 Å². The van der Waals surface area contributed by atoms with Crippen LogP contribution in [0, 0.1) is 0 Å². The highest BCUT2D eigenvalue weighted by Gasteiger charge is 2.15. The Morgan fingerprint density at radius 1 is 1.43 bits per heavy atom. The fraction of sp³-hybridized carbons (Fsp3) is 0.312. The molecule has 110 valence electrons. The van der Waals surface area contributed by atoms with E-state index in [2.05, 4.69) is 39.6 Å². The maximum absolute atomic E-state index is 12.5. The van der Waals surface area contributed by atoms with Crippen LogP contribution in [-0.2, 0) is 13.0 Å². The smallest absolute Gasteiger partial charge is 0.272 e. The third kappa shape index (κ3) is 2.97. The van der Waals surface area contributed by atoms with Crippen LogP contribution in [0.4, 0.5) is 11.4 Å². The first-order valence-corrected chi connectivity index (χ1v) is 8.00. The molecular formula is C16H18BrN3O. The number of nitrogens with zero attached hydrogens (tertiary/aromatic N) is 1. The first kappa shape index (κ1) is 14.2. The Morgan fingerprint density at radius 2 is 2.29 bits per heavy atom. The highest BCUT2D eigenvalue weighted by Crippen LogP contribution is 2.26. The van der Waals surface area contributed by atoms with Crippen LogP contribution in [0.15, 0.2) is 34.9 Å². The lowest BCUT2D eigenvalue weighted by molar-refractivity contribution is 0.101. The van der Waals surface area contributed by atoms with Crippen molar-refractivity contribution in [1.29, 1.82) is 0 Å². The number of carbonyl (C=O) groups excluding carboxylic acids is 1. The minimum atomic E-state index is -0.0694. The third-order valence-corrected chi connectivity index (χ3v) is 4.07. The Balaban J connectivity index is 1.80. The van der Waals surface area contributed by atoms with Crippen molar-refractivity contribution >= 4 is 33.2 Å². The maximum atomic E-state index is 12.5. The highest BCUT2D eigenvalue weighted by atomic mass is 79.9. The number of amides is 1. The van der Waals surface area contributed by atoms with Crippen molar-refractivity contribution in [1.82, 2.24) is 4.57 Å². The quantitative estimate of drug-likeness (QED) is 0.881. The largest absolute Gasteiger partial charge is 0.384 e. The molecule has 5 heteroatoms. The molecule has 0 radical (unpaired) electrons. The van der Waals surface area contributed by atoms with Crippen LogP contribution in [0.3, 0.4) is 0 Å². The zero-order valence-electron chi connectivity index (χ0n) is 11.9. The summed E-state index contributed by atoms with van der Waals surface area (Å²) in [7, 11) is 0. The fourth-order valence-electron chi connectivity index (χ4n) is 2.67. The first-order valence-electron chi connectivity index (χ1n) is 7.21. The molecule has 0 saturated heterocycles. The van der Waals surface area contributed by atoms with E-state index < -0.39 is 0 Å². The Labute approximate surface area is 132 Å². The second kappa shape index (κ2) is 5.93. The van der Waals surface area contributed by atoms with E-state index in [-0.39, 0.29) is 5.91 Å². The molecule has 2 N–H and O–H groups in total. The van der Waals surface area contributed by atoms with Crippen LogP contribution in [0.5, 0.6) is 0 Å². The summed E-state index contributed by atoms with van der Waals surface area (Å²) in [5, 5.41) is 6.31. The normalized spacial score (nSPS) is 12.9. The van der Waals surface area contributed by atoms with Gasteiger partial charge in [0.25, 0.3) is 5.91 Å². The number of nitrogens with one attached hydrogen (secondary N) is 2. The molecule has 1 aromatic heterocycles. The summed E-state index contributed by atoms with van der Waals surface area (Å²) >= 11 is 3.44. The lowest BCUT2D eigenvalue weighted by atomic mass is 10.1. The summed E-state index contributed by atoms with van der Waals surface area (Å²) in [4.78, 5) is 12.5. The van der Waals surface area contributed by atoms with Crippen LogP contribution in [0.1, 0.15) is 29.4 Å². The van der Waals surface area contributed by atoms with Crippen LogP contribution >= 0.6 is 15.9 Å². The van der Waals surface area contributed by atoms with Crippen molar-refractivity contribution in [3.05, 3.63) is 46.2 Å². The van der Waals surface area contributed by atoms with E-state index in [1.54, 1.807) is 0 Å². The average molecular weight is 348 g/mol. The molecule has 3 rings (SSSR count). The second-order valence-electron chi connectivity index (χ2n) is 5.24. The summed E-state index contributed by atoms with van der Waals surface area (Å²) in [6.07, 6.45) is 3.95. The number of anilines is 2. The molecule has 21 heavy (non-hydrogen) atoms. The SMILES string of the molecule is CCCn1cc(Br)cc1C(=O)Nc1ccc2c(c1)CCN2. The van der Waals surface area contributed by atoms with Gasteiger partial charge in [0, 0.05) is 35.1 Å². The van der Waals surface area contributed by atoms with Gasteiger partial charge in [-0.1, -0.05) is 6.92 Å². The van der Waals surface area contributed by atoms with Crippen molar-refractivity contribution in [2.24, 2.45) is 0 Å². The summed E-state index contributed by atoms with van der Waals surface area (Å²) in [6.45, 7) is 3.91. The van der Waals surface area contributed by atoms with E-state index in [0.29, 0.717) is 5.69 Å². The Kier molecular flexibility index (Phi) is 4.01. The predicted octanol–water partition coefficient (Wildman–Crippen LogP) is 3.88. The molecule has 1 aliphatic heterocycles. The lowest BCUT2D eigenvalue weighted by Gasteiger charge is -2.10. The summed E-state index contributed by atoms with van der Waals surface area (Å²) in [6, 6.07) is 7.88. The average Bonchev–Trinajstić information content (AvgIpc) is 3.05. The number of hydrogen-bond donors (Lipinski definition) is 2. The molecule has 2 heterocycles. The number of fused-ring (bicyclic) bond motifs is 1. The highest BCUT2D eigenvalue weighted by molar-refractivity contribution is 9.10. The monoisotopic (exact) mass is 347 g/mol. The van der Waals surface area contributed by atoms with Gasteiger partial charge in [0.05, 0.1) is 0 Å². The minimum absolute atomic E-state index is 0.0694. The van der Waals surface area contributed by atoms with Crippen LogP contribution in [-0.4, -0.2) is 17.0 Å². The van der Waals surface area contributed by atoms with Gasteiger partial charge in [-0.25, -0.2) is 0 Å².